The lowest BCUT2D eigenvalue weighted by Crippen LogP contribution is -2.16. The first-order chi connectivity index (χ1) is 8.60. The van der Waals surface area contributed by atoms with E-state index in [1.807, 2.05) is 0 Å². The van der Waals surface area contributed by atoms with E-state index < -0.39 is 11.4 Å². The second kappa shape index (κ2) is 4.40. The largest absolute Gasteiger partial charge is 0.496 e. The van der Waals surface area contributed by atoms with Gasteiger partial charge in [0.15, 0.2) is 0 Å². The zero-order valence-electron chi connectivity index (χ0n) is 9.81. The predicted molar refractivity (Wildman–Crippen MR) is 64.6 cm³/mol. The smallest absolute Gasteiger partial charge is 0.341 e. The van der Waals surface area contributed by atoms with Crippen molar-refractivity contribution in [1.29, 1.82) is 0 Å². The molecule has 0 unspecified atom stereocenters. The second-order valence-electron chi connectivity index (χ2n) is 3.56. The van der Waals surface area contributed by atoms with Crippen molar-refractivity contribution < 1.29 is 19.4 Å². The minimum Gasteiger partial charge on any atom is -0.496 e. The van der Waals surface area contributed by atoms with Crippen molar-refractivity contribution in [2.24, 2.45) is 0 Å². The fourth-order valence-electron chi connectivity index (χ4n) is 1.78. The molecule has 2 aromatic rings. The van der Waals surface area contributed by atoms with Crippen LogP contribution in [0.4, 0.5) is 0 Å². The van der Waals surface area contributed by atoms with Crippen LogP contribution in [0.3, 0.4) is 0 Å². The van der Waals surface area contributed by atoms with Gasteiger partial charge in [0.25, 0.3) is 0 Å². The average Bonchev–Trinajstić information content (AvgIpc) is 2.37. The first-order valence-electron chi connectivity index (χ1n) is 5.09. The average molecular weight is 249 g/mol. The lowest BCUT2D eigenvalue weighted by molar-refractivity contribution is 0.0695. The number of aromatic amines is 1. The molecule has 1 aromatic heterocycles. The van der Waals surface area contributed by atoms with Crippen LogP contribution in [0.1, 0.15) is 10.4 Å². The van der Waals surface area contributed by atoms with Crippen LogP contribution in [0.2, 0.25) is 0 Å². The molecule has 0 atom stereocenters. The number of hydrogen-bond donors (Lipinski definition) is 2. The number of rotatable bonds is 3. The quantitative estimate of drug-likeness (QED) is 0.854. The van der Waals surface area contributed by atoms with Crippen molar-refractivity contribution in [3.63, 3.8) is 0 Å². The Morgan fingerprint density at radius 2 is 1.83 bits per heavy atom. The van der Waals surface area contributed by atoms with Gasteiger partial charge in [-0.15, -0.1) is 0 Å². The normalized spacial score (nSPS) is 10.3. The molecule has 1 aromatic carbocycles. The Labute approximate surface area is 102 Å². The minimum absolute atomic E-state index is 0.164. The summed E-state index contributed by atoms with van der Waals surface area (Å²) in [6.07, 6.45) is 1.15. The van der Waals surface area contributed by atoms with Crippen molar-refractivity contribution in [3.05, 3.63) is 34.1 Å². The molecule has 0 amide bonds. The molecule has 0 bridgehead atoms. The molecule has 0 fully saturated rings. The molecule has 0 spiro atoms. The van der Waals surface area contributed by atoms with Gasteiger partial charge in [0.2, 0.25) is 5.43 Å². The first-order valence-corrected chi connectivity index (χ1v) is 5.09. The highest BCUT2D eigenvalue weighted by Crippen LogP contribution is 2.29. The van der Waals surface area contributed by atoms with Crippen molar-refractivity contribution >= 4 is 16.9 Å². The molecule has 0 aliphatic rings. The standard InChI is InChI=1S/C12H11NO5/c1-17-7-3-4-8(18-2)10-9(7)11(14)6(5-13-10)12(15)16/h3-5H,1-2H3,(H,13,14)(H,15,16). The summed E-state index contributed by atoms with van der Waals surface area (Å²) >= 11 is 0. The van der Waals surface area contributed by atoms with Crippen LogP contribution in [0.5, 0.6) is 11.5 Å². The van der Waals surface area contributed by atoms with Crippen LogP contribution in [0.15, 0.2) is 23.1 Å². The predicted octanol–water partition coefficient (Wildman–Crippen LogP) is 1.24. The number of aromatic carboxylic acids is 1. The van der Waals surface area contributed by atoms with Crippen LogP contribution >= 0.6 is 0 Å². The number of carboxylic acid groups (broad SMARTS) is 1. The molecule has 0 aliphatic heterocycles. The van der Waals surface area contributed by atoms with E-state index in [0.29, 0.717) is 17.0 Å². The lowest BCUT2D eigenvalue weighted by Gasteiger charge is -2.09. The van der Waals surface area contributed by atoms with E-state index in [2.05, 4.69) is 4.98 Å². The maximum Gasteiger partial charge on any atom is 0.341 e. The highest BCUT2D eigenvalue weighted by Gasteiger charge is 2.17. The second-order valence-corrected chi connectivity index (χ2v) is 3.56. The van der Waals surface area contributed by atoms with Crippen LogP contribution in [-0.4, -0.2) is 30.3 Å². The van der Waals surface area contributed by atoms with Gasteiger partial charge in [0, 0.05) is 6.20 Å². The summed E-state index contributed by atoms with van der Waals surface area (Å²) in [5.74, 6) is -0.544. The Hall–Kier alpha value is -2.50. The number of nitrogens with one attached hydrogen (secondary N) is 1. The third-order valence-electron chi connectivity index (χ3n) is 2.63. The summed E-state index contributed by atoms with van der Waals surface area (Å²) in [7, 11) is 2.87. The maximum absolute atomic E-state index is 12.1. The molecule has 0 aliphatic carbocycles. The molecule has 94 valence electrons. The third-order valence-corrected chi connectivity index (χ3v) is 2.63. The Morgan fingerprint density at radius 3 is 2.39 bits per heavy atom. The number of carbonyl (C=O) groups is 1. The molecule has 18 heavy (non-hydrogen) atoms. The van der Waals surface area contributed by atoms with Gasteiger partial charge in [0.05, 0.1) is 25.1 Å². The van der Waals surface area contributed by atoms with Gasteiger partial charge >= 0.3 is 5.97 Å². The Morgan fingerprint density at radius 1 is 1.22 bits per heavy atom. The van der Waals surface area contributed by atoms with Crippen LogP contribution < -0.4 is 14.9 Å². The molecular weight excluding hydrogens is 238 g/mol. The summed E-state index contributed by atoms with van der Waals surface area (Å²) in [6.45, 7) is 0. The van der Waals surface area contributed by atoms with Crippen molar-refractivity contribution in [3.8, 4) is 11.5 Å². The lowest BCUT2D eigenvalue weighted by atomic mass is 10.1. The van der Waals surface area contributed by atoms with Crippen molar-refractivity contribution in [1.82, 2.24) is 4.98 Å². The van der Waals surface area contributed by atoms with Crippen LogP contribution in [0, 0.1) is 0 Å². The zero-order chi connectivity index (χ0) is 13.3. The number of ether oxygens (including phenoxy) is 2. The summed E-state index contributed by atoms with van der Waals surface area (Å²) in [6, 6.07) is 3.19. The minimum atomic E-state index is -1.29. The number of H-pyrrole nitrogens is 1. The molecule has 1 heterocycles. The van der Waals surface area contributed by atoms with Crippen LogP contribution in [-0.2, 0) is 0 Å². The fourth-order valence-corrected chi connectivity index (χ4v) is 1.78. The number of methoxy groups -OCH3 is 2. The molecule has 0 saturated carbocycles. The maximum atomic E-state index is 12.1. The van der Waals surface area contributed by atoms with E-state index >= 15 is 0 Å². The van der Waals surface area contributed by atoms with Crippen LogP contribution in [0.25, 0.3) is 10.9 Å². The monoisotopic (exact) mass is 249 g/mol. The first kappa shape index (κ1) is 12.0. The molecule has 0 saturated heterocycles. The fraction of sp³-hybridized carbons (Fsp3) is 0.167. The van der Waals surface area contributed by atoms with Crippen molar-refractivity contribution in [2.75, 3.05) is 14.2 Å². The Balaban J connectivity index is 2.95. The van der Waals surface area contributed by atoms with E-state index in [9.17, 15) is 9.59 Å². The molecule has 6 nitrogen and oxygen atoms in total. The number of benzene rings is 1. The van der Waals surface area contributed by atoms with E-state index in [0.717, 1.165) is 6.20 Å². The zero-order valence-corrected chi connectivity index (χ0v) is 9.81. The van der Waals surface area contributed by atoms with Gasteiger partial charge in [-0.2, -0.15) is 0 Å². The number of pyridine rings is 1. The topological polar surface area (TPSA) is 88.6 Å². The third kappa shape index (κ3) is 1.67. The van der Waals surface area contributed by atoms with Gasteiger partial charge in [-0.3, -0.25) is 4.79 Å². The molecule has 2 rings (SSSR count). The molecule has 2 N–H and O–H groups in total. The highest BCUT2D eigenvalue weighted by molar-refractivity contribution is 5.96. The molecule has 0 radical (unpaired) electrons. The van der Waals surface area contributed by atoms with Gasteiger partial charge in [-0.1, -0.05) is 0 Å². The van der Waals surface area contributed by atoms with E-state index in [4.69, 9.17) is 14.6 Å². The number of carboxylic acids is 1. The summed E-state index contributed by atoms with van der Waals surface area (Å²) in [5, 5.41) is 9.09. The van der Waals surface area contributed by atoms with E-state index in [-0.39, 0.29) is 10.9 Å². The van der Waals surface area contributed by atoms with Gasteiger partial charge in [0.1, 0.15) is 17.1 Å². The van der Waals surface area contributed by atoms with Gasteiger partial charge in [-0.25, -0.2) is 4.79 Å². The van der Waals surface area contributed by atoms with Gasteiger partial charge < -0.3 is 19.6 Å². The number of fused-ring (bicyclic) bond motifs is 1. The Kier molecular flexibility index (Phi) is 2.93. The van der Waals surface area contributed by atoms with Gasteiger partial charge in [-0.05, 0) is 12.1 Å². The van der Waals surface area contributed by atoms with Crippen molar-refractivity contribution in [2.45, 2.75) is 0 Å². The summed E-state index contributed by atoms with van der Waals surface area (Å²) in [4.78, 5) is 25.8. The molecule has 6 heteroatoms. The number of aromatic nitrogens is 1. The molecular formula is C12H11NO5. The Bertz CT molecular complexity index is 674. The number of hydrogen-bond acceptors (Lipinski definition) is 4. The van der Waals surface area contributed by atoms with E-state index in [1.165, 1.54) is 14.2 Å². The summed E-state index contributed by atoms with van der Waals surface area (Å²) < 4.78 is 10.2. The SMILES string of the molecule is COc1ccc(OC)c2c(=O)c(C(=O)O)c[nH]c12. The van der Waals surface area contributed by atoms with E-state index in [1.54, 1.807) is 12.1 Å². The summed E-state index contributed by atoms with van der Waals surface area (Å²) in [5.41, 5.74) is -0.534. The highest BCUT2D eigenvalue weighted by atomic mass is 16.5.